The quantitative estimate of drug-likeness (QED) is 0.485. The maximum absolute atomic E-state index is 11.1. The van der Waals surface area contributed by atoms with Crippen LogP contribution in [-0.2, 0) is 9.47 Å². The Kier molecular flexibility index (Phi) is 4.15. The molecule has 2 heterocycles. The van der Waals surface area contributed by atoms with Crippen LogP contribution in [0.25, 0.3) is 32.7 Å². The lowest BCUT2D eigenvalue weighted by atomic mass is 9.83. The van der Waals surface area contributed by atoms with E-state index in [4.69, 9.17) is 9.47 Å². The maximum atomic E-state index is 11.1. The predicted molar refractivity (Wildman–Crippen MR) is 116 cm³/mol. The number of epoxide rings is 2. The van der Waals surface area contributed by atoms with Gasteiger partial charge in [-0.25, -0.2) is 0 Å². The average Bonchev–Trinajstić information content (AvgIpc) is 3.70. The minimum absolute atomic E-state index is 0.181. The molecule has 6 rings (SSSR count). The summed E-state index contributed by atoms with van der Waals surface area (Å²) in [5.74, 6) is 0. The minimum Gasteiger partial charge on any atom is -0.386 e. The Labute approximate surface area is 174 Å². The van der Waals surface area contributed by atoms with Gasteiger partial charge in [-0.05, 0) is 43.8 Å². The molecule has 0 bridgehead atoms. The summed E-state index contributed by atoms with van der Waals surface area (Å²) in [5.41, 5.74) is 3.58. The van der Waals surface area contributed by atoms with Crippen molar-refractivity contribution in [3.8, 4) is 11.1 Å². The lowest BCUT2D eigenvalue weighted by molar-refractivity contribution is 0.136. The van der Waals surface area contributed by atoms with Gasteiger partial charge in [-0.3, -0.25) is 0 Å². The van der Waals surface area contributed by atoms with E-state index in [0.29, 0.717) is 13.2 Å². The van der Waals surface area contributed by atoms with Gasteiger partial charge >= 0.3 is 0 Å². The highest BCUT2D eigenvalue weighted by Crippen LogP contribution is 2.45. The summed E-state index contributed by atoms with van der Waals surface area (Å²) < 4.78 is 10.8. The van der Waals surface area contributed by atoms with Gasteiger partial charge in [-0.2, -0.15) is 0 Å². The lowest BCUT2D eigenvalue weighted by Crippen LogP contribution is -2.11. The van der Waals surface area contributed by atoms with Gasteiger partial charge in [0.05, 0.1) is 13.2 Å². The van der Waals surface area contributed by atoms with E-state index in [1.54, 1.807) is 0 Å². The van der Waals surface area contributed by atoms with Crippen molar-refractivity contribution >= 4 is 21.5 Å². The summed E-state index contributed by atoms with van der Waals surface area (Å²) in [6, 6.07) is 24.5. The number of aliphatic hydroxyl groups is 2. The van der Waals surface area contributed by atoms with Crippen LogP contribution < -0.4 is 0 Å². The first kappa shape index (κ1) is 18.0. The second-order valence-corrected chi connectivity index (χ2v) is 8.14. The molecule has 2 aliphatic rings. The van der Waals surface area contributed by atoms with Gasteiger partial charge in [0.1, 0.15) is 24.4 Å². The van der Waals surface area contributed by atoms with Gasteiger partial charge in [0.2, 0.25) is 0 Å². The second-order valence-electron chi connectivity index (χ2n) is 8.14. The minimum atomic E-state index is -0.717. The van der Waals surface area contributed by atoms with Crippen LogP contribution in [0.5, 0.6) is 0 Å². The van der Waals surface area contributed by atoms with Gasteiger partial charge in [-0.1, -0.05) is 72.8 Å². The number of hydrogen-bond acceptors (Lipinski definition) is 4. The fourth-order valence-electron chi connectivity index (χ4n) is 4.50. The molecule has 2 saturated heterocycles. The van der Waals surface area contributed by atoms with Gasteiger partial charge in [0.15, 0.2) is 0 Å². The monoisotopic (exact) mass is 398 g/mol. The molecule has 4 nitrogen and oxygen atoms in total. The van der Waals surface area contributed by atoms with Gasteiger partial charge in [0.25, 0.3) is 0 Å². The van der Waals surface area contributed by atoms with Crippen molar-refractivity contribution in [1.29, 1.82) is 0 Å². The van der Waals surface area contributed by atoms with E-state index >= 15 is 0 Å². The van der Waals surface area contributed by atoms with E-state index in [0.717, 1.165) is 43.8 Å². The second kappa shape index (κ2) is 6.89. The molecule has 0 radical (unpaired) electrons. The van der Waals surface area contributed by atoms with Crippen molar-refractivity contribution in [3.63, 3.8) is 0 Å². The van der Waals surface area contributed by atoms with Crippen molar-refractivity contribution < 1.29 is 19.7 Å². The van der Waals surface area contributed by atoms with Crippen molar-refractivity contribution in [1.82, 2.24) is 0 Å². The first-order valence-electron chi connectivity index (χ1n) is 10.4. The van der Waals surface area contributed by atoms with Crippen LogP contribution in [0.1, 0.15) is 23.3 Å². The van der Waals surface area contributed by atoms with Crippen LogP contribution in [0.15, 0.2) is 72.8 Å². The van der Waals surface area contributed by atoms with Crippen LogP contribution in [0.2, 0.25) is 0 Å². The smallest absolute Gasteiger partial charge is 0.111 e. The van der Waals surface area contributed by atoms with Gasteiger partial charge < -0.3 is 19.7 Å². The van der Waals surface area contributed by atoms with Gasteiger partial charge in [0, 0.05) is 0 Å². The molecule has 0 unspecified atom stereocenters. The molecule has 0 amide bonds. The van der Waals surface area contributed by atoms with E-state index in [1.807, 2.05) is 48.5 Å². The highest BCUT2D eigenvalue weighted by molar-refractivity contribution is 6.08. The number of fused-ring (bicyclic) bond motifs is 2. The molecule has 2 fully saturated rings. The largest absolute Gasteiger partial charge is 0.386 e. The van der Waals surface area contributed by atoms with Crippen LogP contribution in [-0.4, -0.2) is 35.6 Å². The van der Waals surface area contributed by atoms with E-state index in [2.05, 4.69) is 24.3 Å². The Hall–Kier alpha value is -2.76. The third kappa shape index (κ3) is 2.92. The molecule has 2 aliphatic heterocycles. The van der Waals surface area contributed by atoms with Crippen LogP contribution >= 0.6 is 0 Å². The van der Waals surface area contributed by atoms with E-state index in [9.17, 15) is 10.2 Å². The van der Waals surface area contributed by atoms with Gasteiger partial charge in [-0.15, -0.1) is 0 Å². The summed E-state index contributed by atoms with van der Waals surface area (Å²) in [4.78, 5) is 0. The molecule has 0 spiro atoms. The molecule has 150 valence electrons. The zero-order valence-electron chi connectivity index (χ0n) is 16.4. The van der Waals surface area contributed by atoms with Crippen molar-refractivity contribution in [2.75, 3.05) is 13.2 Å². The summed E-state index contributed by atoms with van der Waals surface area (Å²) in [6.07, 6.45) is -1.79. The number of aliphatic hydroxyl groups excluding tert-OH is 2. The number of rotatable bonds is 5. The summed E-state index contributed by atoms with van der Waals surface area (Å²) in [6.45, 7) is 1.13. The molecule has 4 atom stereocenters. The first-order valence-corrected chi connectivity index (χ1v) is 10.4. The maximum Gasteiger partial charge on any atom is 0.111 e. The highest BCUT2D eigenvalue weighted by atomic mass is 16.6. The number of hydrogen-bond donors (Lipinski definition) is 2. The van der Waals surface area contributed by atoms with Crippen molar-refractivity contribution in [2.45, 2.75) is 24.4 Å². The molecule has 30 heavy (non-hydrogen) atoms. The normalized spacial score (nSPS) is 22.2. The summed E-state index contributed by atoms with van der Waals surface area (Å²) >= 11 is 0. The topological polar surface area (TPSA) is 65.5 Å². The Balaban J connectivity index is 1.73. The summed E-state index contributed by atoms with van der Waals surface area (Å²) in [7, 11) is 0. The average molecular weight is 398 g/mol. The molecule has 0 aliphatic carbocycles. The molecule has 2 N–H and O–H groups in total. The highest BCUT2D eigenvalue weighted by Gasteiger charge is 2.37. The number of ether oxygens (including phenoxy) is 2. The Morgan fingerprint density at radius 1 is 0.600 bits per heavy atom. The molecule has 0 aromatic heterocycles. The van der Waals surface area contributed by atoms with Crippen LogP contribution in [0.3, 0.4) is 0 Å². The molecular formula is C26H22O4. The van der Waals surface area contributed by atoms with E-state index in [-0.39, 0.29) is 12.2 Å². The zero-order chi connectivity index (χ0) is 20.2. The standard InChI is InChI=1S/C26H22O4/c27-25(21-13-29-21)19-11-9-15-5-1-3-7-17(15)23(19)24-18-8-4-2-6-16(18)10-12-20(24)26(28)22-14-30-22/h1-12,21-22,25-28H,13-14H2/t21-,22+,25+,26-. The molecular weight excluding hydrogens is 376 g/mol. The van der Waals surface area contributed by atoms with E-state index in [1.165, 1.54) is 0 Å². The third-order valence-electron chi connectivity index (χ3n) is 6.23. The zero-order valence-corrected chi connectivity index (χ0v) is 16.4. The van der Waals surface area contributed by atoms with Crippen LogP contribution in [0, 0.1) is 0 Å². The third-order valence-corrected chi connectivity index (χ3v) is 6.23. The summed E-state index contributed by atoms with van der Waals surface area (Å²) in [5, 5.41) is 26.4. The molecule has 4 aromatic rings. The van der Waals surface area contributed by atoms with Crippen molar-refractivity contribution in [2.24, 2.45) is 0 Å². The van der Waals surface area contributed by atoms with Crippen molar-refractivity contribution in [3.05, 3.63) is 83.9 Å². The van der Waals surface area contributed by atoms with Crippen LogP contribution in [0.4, 0.5) is 0 Å². The lowest BCUT2D eigenvalue weighted by Gasteiger charge is -2.23. The Morgan fingerprint density at radius 2 is 1.00 bits per heavy atom. The molecule has 0 saturated carbocycles. The van der Waals surface area contributed by atoms with E-state index < -0.39 is 12.2 Å². The molecule has 4 heteroatoms. The predicted octanol–water partition coefficient (Wildman–Crippen LogP) is 4.52. The number of benzene rings is 4. The fraction of sp³-hybridized carbons (Fsp3) is 0.231. The molecule has 4 aromatic carbocycles. The first-order chi connectivity index (χ1) is 14.7. The Morgan fingerprint density at radius 3 is 1.40 bits per heavy atom. The fourth-order valence-corrected chi connectivity index (χ4v) is 4.50. The Bertz CT molecular complexity index is 1160. The SMILES string of the molecule is O[C@H](c1ccc2ccccc2c1-c1c([C@H](O)[C@H]2CO2)ccc2ccccc12)[C@@H]1CO1.